The molecule has 2 heterocycles. The monoisotopic (exact) mass is 338 g/mol. The summed E-state index contributed by atoms with van der Waals surface area (Å²) >= 11 is 0. The quantitative estimate of drug-likeness (QED) is 0.769. The van der Waals surface area contributed by atoms with Crippen LogP contribution in [0.5, 0.6) is 0 Å². The van der Waals surface area contributed by atoms with E-state index in [-0.39, 0.29) is 12.4 Å². The van der Waals surface area contributed by atoms with Crippen LogP contribution in [-0.2, 0) is 0 Å². The third-order valence-corrected chi connectivity index (χ3v) is 4.51. The zero-order valence-corrected chi connectivity index (χ0v) is 15.4. The highest BCUT2D eigenvalue weighted by molar-refractivity contribution is 5.93. The first-order valence-electron chi connectivity index (χ1n) is 7.87. The van der Waals surface area contributed by atoms with E-state index in [1.54, 1.807) is 0 Å². The zero-order chi connectivity index (χ0) is 16.6. The predicted octanol–water partition coefficient (Wildman–Crippen LogP) is 1.49. The van der Waals surface area contributed by atoms with E-state index in [0.29, 0.717) is 0 Å². The lowest BCUT2D eigenvalue weighted by Crippen LogP contribution is -3.00. The predicted molar refractivity (Wildman–Crippen MR) is 99.9 cm³/mol. The van der Waals surface area contributed by atoms with Crippen LogP contribution in [0.15, 0.2) is 54.7 Å². The Kier molecular flexibility index (Phi) is 5.30. The van der Waals surface area contributed by atoms with Crippen molar-refractivity contribution in [2.45, 2.75) is 13.8 Å². The van der Waals surface area contributed by atoms with Crippen molar-refractivity contribution >= 4 is 29.1 Å². The lowest BCUT2D eigenvalue weighted by atomic mass is 10.0. The Balaban J connectivity index is 0.00000208. The molecule has 2 aromatic rings. The molecule has 1 aliphatic rings. The Morgan fingerprint density at radius 3 is 2.17 bits per heavy atom. The summed E-state index contributed by atoms with van der Waals surface area (Å²) < 4.78 is 2.26. The van der Waals surface area contributed by atoms with E-state index in [0.717, 1.165) is 5.56 Å². The molecular weight excluding hydrogens is 316 g/mol. The van der Waals surface area contributed by atoms with Crippen LogP contribution in [0, 0.1) is 0 Å². The Morgan fingerprint density at radius 2 is 1.58 bits per heavy atom. The van der Waals surface area contributed by atoms with Crippen molar-refractivity contribution < 1.29 is 17.0 Å². The number of pyridine rings is 1. The second kappa shape index (κ2) is 7.06. The van der Waals surface area contributed by atoms with E-state index in [9.17, 15) is 0 Å². The molecule has 1 aromatic carbocycles. The summed E-state index contributed by atoms with van der Waals surface area (Å²) in [4.78, 5) is 2.11. The molecule has 3 heteroatoms. The summed E-state index contributed by atoms with van der Waals surface area (Å²) in [5.74, 6) is 0. The molecule has 0 unspecified atom stereocenters. The third-order valence-electron chi connectivity index (χ3n) is 4.51. The number of benzene rings is 1. The highest BCUT2D eigenvalue weighted by Gasteiger charge is 2.29. The van der Waals surface area contributed by atoms with Crippen LogP contribution >= 0.6 is 0 Å². The van der Waals surface area contributed by atoms with E-state index >= 15 is 0 Å². The molecule has 1 aromatic heterocycles. The number of aromatic nitrogens is 1. The van der Waals surface area contributed by atoms with Gasteiger partial charge in [0.25, 0.3) is 0 Å². The number of hydrogen-bond acceptors (Lipinski definition) is 1. The number of allylic oxidation sites excluding steroid dienone is 3. The average molecular weight is 339 g/mol. The summed E-state index contributed by atoms with van der Waals surface area (Å²) in [7, 11) is 4.12. The number of fused-ring (bicyclic) bond motifs is 1. The molecule has 0 fully saturated rings. The van der Waals surface area contributed by atoms with Crippen molar-refractivity contribution in [2.75, 3.05) is 19.0 Å². The summed E-state index contributed by atoms with van der Waals surface area (Å²) in [5, 5.41) is 0. The maximum atomic E-state index is 3.86. The van der Waals surface area contributed by atoms with E-state index in [4.69, 9.17) is 0 Å². The van der Waals surface area contributed by atoms with Crippen molar-refractivity contribution in [3.05, 3.63) is 71.6 Å². The third kappa shape index (κ3) is 3.15. The maximum absolute atomic E-state index is 3.86. The van der Waals surface area contributed by atoms with Gasteiger partial charge in [0, 0.05) is 43.9 Å². The summed E-state index contributed by atoms with van der Waals surface area (Å²) in [6.45, 7) is 8.22. The van der Waals surface area contributed by atoms with Crippen LogP contribution < -0.4 is 21.9 Å². The van der Waals surface area contributed by atoms with Gasteiger partial charge in [-0.05, 0) is 36.8 Å². The number of halogens is 1. The molecule has 0 atom stereocenters. The van der Waals surface area contributed by atoms with Crippen molar-refractivity contribution in [1.82, 2.24) is 0 Å². The van der Waals surface area contributed by atoms with Gasteiger partial charge in [-0.3, -0.25) is 0 Å². The Labute approximate surface area is 150 Å². The molecule has 0 N–H and O–H groups in total. The number of anilines is 1. The number of hydrogen-bond donors (Lipinski definition) is 0. The molecule has 3 rings (SSSR count). The summed E-state index contributed by atoms with van der Waals surface area (Å²) in [5.41, 5.74) is 8.70. The molecule has 0 saturated carbocycles. The fraction of sp³-hybridized carbons (Fsp3) is 0.190. The van der Waals surface area contributed by atoms with Crippen molar-refractivity contribution in [3.63, 3.8) is 0 Å². The molecule has 0 radical (unpaired) electrons. The van der Waals surface area contributed by atoms with Gasteiger partial charge >= 0.3 is 0 Å². The zero-order valence-electron chi connectivity index (χ0n) is 14.7. The molecule has 0 spiro atoms. The number of rotatable bonds is 3. The molecule has 0 saturated heterocycles. The fourth-order valence-corrected chi connectivity index (χ4v) is 2.92. The smallest absolute Gasteiger partial charge is 0.218 e. The van der Waals surface area contributed by atoms with E-state index in [2.05, 4.69) is 92.7 Å². The van der Waals surface area contributed by atoms with Gasteiger partial charge < -0.3 is 17.3 Å². The fourth-order valence-electron chi connectivity index (χ4n) is 2.92. The first-order chi connectivity index (χ1) is 11.0. The molecule has 124 valence electrons. The average Bonchev–Trinajstić information content (AvgIpc) is 2.80. The van der Waals surface area contributed by atoms with Gasteiger partial charge in [0.2, 0.25) is 5.69 Å². The number of nitrogens with zero attached hydrogens (tertiary/aromatic N) is 2. The molecule has 1 aliphatic heterocycles. The SMILES string of the molecule is C=Cc1ccc2[n+](c1)C(C)=C(C)/C2=C\c1ccc(N(C)C)cc1.[Cl-]. The van der Waals surface area contributed by atoms with Crippen LogP contribution in [0.25, 0.3) is 23.4 Å². The molecule has 0 amide bonds. The van der Waals surface area contributed by atoms with Gasteiger partial charge in [-0.1, -0.05) is 24.8 Å². The maximum Gasteiger partial charge on any atom is 0.218 e. The first kappa shape index (κ1) is 18.0. The van der Waals surface area contributed by atoms with Crippen LogP contribution in [0.1, 0.15) is 30.7 Å². The van der Waals surface area contributed by atoms with Gasteiger partial charge in [0.1, 0.15) is 0 Å². The molecule has 0 bridgehead atoms. The Morgan fingerprint density at radius 1 is 0.958 bits per heavy atom. The van der Waals surface area contributed by atoms with Gasteiger partial charge in [-0.15, -0.1) is 0 Å². The molecule has 2 nitrogen and oxygen atoms in total. The van der Waals surface area contributed by atoms with Crippen LogP contribution in [0.3, 0.4) is 0 Å². The van der Waals surface area contributed by atoms with Crippen LogP contribution in [0.4, 0.5) is 5.69 Å². The minimum Gasteiger partial charge on any atom is -1.00 e. The minimum atomic E-state index is 0. The van der Waals surface area contributed by atoms with E-state index < -0.39 is 0 Å². The van der Waals surface area contributed by atoms with Gasteiger partial charge in [-0.25, -0.2) is 0 Å². The van der Waals surface area contributed by atoms with Gasteiger partial charge in [-0.2, -0.15) is 4.57 Å². The second-order valence-electron chi connectivity index (χ2n) is 6.18. The molecule has 0 aliphatic carbocycles. The molecular formula is C21H23ClN2. The van der Waals surface area contributed by atoms with Crippen molar-refractivity contribution in [1.29, 1.82) is 0 Å². The largest absolute Gasteiger partial charge is 1.00 e. The Hall–Kier alpha value is -2.32. The standard InChI is InChI=1S/C21H23N2.ClH/c1-6-17-9-12-21-20(15(2)16(3)23(21)14-17)13-18-7-10-19(11-8-18)22(4)5;/h6-14H,1H2,2-5H3;1H/q+1;/p-1. The van der Waals surface area contributed by atoms with Crippen LogP contribution in [-0.4, -0.2) is 14.1 Å². The highest BCUT2D eigenvalue weighted by atomic mass is 35.5. The second-order valence-corrected chi connectivity index (χ2v) is 6.18. The topological polar surface area (TPSA) is 7.12 Å². The van der Waals surface area contributed by atoms with Crippen molar-refractivity contribution in [3.8, 4) is 0 Å². The lowest BCUT2D eigenvalue weighted by molar-refractivity contribution is -0.581. The lowest BCUT2D eigenvalue weighted by Gasteiger charge is -2.11. The van der Waals surface area contributed by atoms with Gasteiger partial charge in [0.15, 0.2) is 11.9 Å². The first-order valence-corrected chi connectivity index (χ1v) is 7.87. The summed E-state index contributed by atoms with van der Waals surface area (Å²) in [6.07, 6.45) is 6.30. The summed E-state index contributed by atoms with van der Waals surface area (Å²) in [6, 6.07) is 13.0. The molecule has 24 heavy (non-hydrogen) atoms. The van der Waals surface area contributed by atoms with Crippen molar-refractivity contribution in [2.24, 2.45) is 0 Å². The van der Waals surface area contributed by atoms with Crippen LogP contribution in [0.2, 0.25) is 0 Å². The normalized spacial score (nSPS) is 14.4. The Bertz CT molecular complexity index is 827. The van der Waals surface area contributed by atoms with E-state index in [1.165, 1.54) is 33.8 Å². The highest BCUT2D eigenvalue weighted by Crippen LogP contribution is 2.32. The van der Waals surface area contributed by atoms with Gasteiger partial charge in [0.05, 0.1) is 5.57 Å². The van der Waals surface area contributed by atoms with E-state index in [1.807, 2.05) is 6.08 Å². The minimum absolute atomic E-state index is 0.